The Hall–Kier alpha value is -0.840. The van der Waals surface area contributed by atoms with Gasteiger partial charge in [-0.1, -0.05) is 0 Å². The molecule has 3 heterocycles. The van der Waals surface area contributed by atoms with E-state index in [9.17, 15) is 0 Å². The largest absolute Gasteiger partial charge is 0.379 e. The lowest BCUT2D eigenvalue weighted by atomic mass is 9.77. The summed E-state index contributed by atoms with van der Waals surface area (Å²) < 4.78 is 5.46. The van der Waals surface area contributed by atoms with E-state index in [1.807, 2.05) is 6.20 Å². The van der Waals surface area contributed by atoms with Gasteiger partial charge in [-0.15, -0.1) is 0 Å². The first-order valence-electron chi connectivity index (χ1n) is 6.53. The zero-order chi connectivity index (χ0) is 11.6. The van der Waals surface area contributed by atoms with Crippen LogP contribution in [0.5, 0.6) is 0 Å². The molecule has 2 N–H and O–H groups in total. The molecule has 2 fully saturated rings. The summed E-state index contributed by atoms with van der Waals surface area (Å²) in [7, 11) is 0. The van der Waals surface area contributed by atoms with Crippen LogP contribution in [0, 0.1) is 0 Å². The number of nitrogens with one attached hydrogen (secondary N) is 2. The smallest absolute Gasteiger partial charge is 0.0586 e. The molecule has 2 aliphatic heterocycles. The van der Waals surface area contributed by atoms with E-state index in [0.717, 1.165) is 26.3 Å². The van der Waals surface area contributed by atoms with Gasteiger partial charge in [0.1, 0.15) is 0 Å². The zero-order valence-corrected chi connectivity index (χ0v) is 10.2. The highest BCUT2D eigenvalue weighted by atomic mass is 16.5. The Morgan fingerprint density at radius 2 is 2.12 bits per heavy atom. The number of hydrogen-bond acceptors (Lipinski definition) is 3. The monoisotopic (exact) mass is 235 g/mol. The molecule has 0 amide bonds. The topological polar surface area (TPSA) is 40.3 Å². The molecule has 0 bridgehead atoms. The number of aromatic nitrogens is 1. The normalized spacial score (nSPS) is 24.5. The van der Waals surface area contributed by atoms with Crippen molar-refractivity contribution in [2.24, 2.45) is 0 Å². The van der Waals surface area contributed by atoms with E-state index in [0.29, 0.717) is 0 Å². The molecule has 0 saturated carbocycles. The fraction of sp³-hybridized carbons (Fsp3) is 0.692. The molecular formula is C13H21N3O. The van der Waals surface area contributed by atoms with Crippen LogP contribution >= 0.6 is 0 Å². The Labute approximate surface area is 102 Å². The van der Waals surface area contributed by atoms with Crippen LogP contribution in [0.2, 0.25) is 0 Å². The van der Waals surface area contributed by atoms with E-state index < -0.39 is 0 Å². The number of H-pyrrole nitrogens is 1. The summed E-state index contributed by atoms with van der Waals surface area (Å²) in [6, 6.07) is 2.19. The first-order valence-corrected chi connectivity index (χ1v) is 6.53. The highest BCUT2D eigenvalue weighted by Gasteiger charge is 2.40. The minimum atomic E-state index is 0.283. The predicted octanol–water partition coefficient (Wildman–Crippen LogP) is 0.578. The molecule has 0 unspecified atom stereocenters. The van der Waals surface area contributed by atoms with Crippen molar-refractivity contribution < 1.29 is 4.74 Å². The Morgan fingerprint density at radius 1 is 1.29 bits per heavy atom. The van der Waals surface area contributed by atoms with Crippen LogP contribution in [-0.4, -0.2) is 55.8 Å². The van der Waals surface area contributed by atoms with Gasteiger partial charge in [0.05, 0.1) is 13.2 Å². The van der Waals surface area contributed by atoms with Crippen LogP contribution in [0.1, 0.15) is 12.0 Å². The summed E-state index contributed by atoms with van der Waals surface area (Å²) in [6.45, 7) is 7.60. The van der Waals surface area contributed by atoms with Gasteiger partial charge >= 0.3 is 0 Å². The molecule has 94 valence electrons. The van der Waals surface area contributed by atoms with Gasteiger partial charge in [0.25, 0.3) is 0 Å². The molecule has 4 heteroatoms. The third kappa shape index (κ3) is 2.25. The number of piperazine rings is 1. The lowest BCUT2D eigenvalue weighted by Gasteiger charge is -2.43. The van der Waals surface area contributed by atoms with Crippen LogP contribution in [0.15, 0.2) is 18.5 Å². The minimum Gasteiger partial charge on any atom is -0.379 e. The van der Waals surface area contributed by atoms with E-state index in [2.05, 4.69) is 27.5 Å². The van der Waals surface area contributed by atoms with Crippen molar-refractivity contribution in [2.45, 2.75) is 11.8 Å². The number of rotatable bonds is 4. The van der Waals surface area contributed by atoms with E-state index >= 15 is 0 Å². The third-order valence-corrected chi connectivity index (χ3v) is 4.08. The van der Waals surface area contributed by atoms with Crippen molar-refractivity contribution in [1.82, 2.24) is 15.2 Å². The van der Waals surface area contributed by atoms with Crippen LogP contribution in [0.3, 0.4) is 0 Å². The second-order valence-electron chi connectivity index (χ2n) is 5.21. The van der Waals surface area contributed by atoms with Gasteiger partial charge in [-0.3, -0.25) is 0 Å². The molecule has 4 nitrogen and oxygen atoms in total. The summed E-state index contributed by atoms with van der Waals surface area (Å²) in [5.41, 5.74) is 1.70. The second kappa shape index (κ2) is 4.80. The standard InChI is InChI=1S/C13H21N3O/c1-3-15-9-12(1)13(10-17-11-13)2-6-16-7-4-14-5-8-16/h1,3,9,14-15H,2,4-8,10-11H2. The average Bonchev–Trinajstić information content (AvgIpc) is 2.83. The fourth-order valence-electron chi connectivity index (χ4n) is 2.76. The quantitative estimate of drug-likeness (QED) is 0.802. The molecule has 1 aromatic rings. The third-order valence-electron chi connectivity index (χ3n) is 4.08. The van der Waals surface area contributed by atoms with Gasteiger partial charge in [0.15, 0.2) is 0 Å². The molecule has 3 rings (SSSR count). The summed E-state index contributed by atoms with van der Waals surface area (Å²) in [4.78, 5) is 5.72. The molecule has 0 spiro atoms. The second-order valence-corrected chi connectivity index (χ2v) is 5.21. The van der Waals surface area contributed by atoms with E-state index in [4.69, 9.17) is 4.74 Å². The van der Waals surface area contributed by atoms with Crippen molar-refractivity contribution in [3.8, 4) is 0 Å². The maximum Gasteiger partial charge on any atom is 0.0586 e. The van der Waals surface area contributed by atoms with Gasteiger partial charge < -0.3 is 19.9 Å². The molecule has 0 radical (unpaired) electrons. The Balaban J connectivity index is 1.59. The van der Waals surface area contributed by atoms with Crippen molar-refractivity contribution >= 4 is 0 Å². The van der Waals surface area contributed by atoms with Gasteiger partial charge in [-0.2, -0.15) is 0 Å². The number of ether oxygens (including phenoxy) is 1. The maximum atomic E-state index is 5.46. The Morgan fingerprint density at radius 3 is 2.71 bits per heavy atom. The summed E-state index contributed by atoms with van der Waals surface area (Å²) in [6.07, 6.45) is 5.35. The highest BCUT2D eigenvalue weighted by molar-refractivity contribution is 5.25. The number of nitrogens with zero attached hydrogens (tertiary/aromatic N) is 1. The molecule has 2 saturated heterocycles. The lowest BCUT2D eigenvalue weighted by molar-refractivity contribution is -0.0678. The van der Waals surface area contributed by atoms with E-state index in [-0.39, 0.29) is 5.41 Å². The summed E-state index contributed by atoms with van der Waals surface area (Å²) in [5.74, 6) is 0. The molecule has 0 atom stereocenters. The summed E-state index contributed by atoms with van der Waals surface area (Å²) >= 11 is 0. The Bertz CT molecular complexity index is 340. The fourth-order valence-corrected chi connectivity index (χ4v) is 2.76. The number of aromatic amines is 1. The van der Waals surface area contributed by atoms with Gasteiger partial charge in [0.2, 0.25) is 0 Å². The molecule has 17 heavy (non-hydrogen) atoms. The van der Waals surface area contributed by atoms with Crippen LogP contribution in [-0.2, 0) is 10.2 Å². The van der Waals surface area contributed by atoms with Crippen LogP contribution in [0.4, 0.5) is 0 Å². The molecule has 0 aliphatic carbocycles. The van der Waals surface area contributed by atoms with Crippen molar-refractivity contribution in [2.75, 3.05) is 45.9 Å². The predicted molar refractivity (Wildman–Crippen MR) is 67.2 cm³/mol. The van der Waals surface area contributed by atoms with Crippen molar-refractivity contribution in [1.29, 1.82) is 0 Å². The first kappa shape index (κ1) is 11.3. The maximum absolute atomic E-state index is 5.46. The van der Waals surface area contributed by atoms with Crippen LogP contribution in [0.25, 0.3) is 0 Å². The van der Waals surface area contributed by atoms with Gasteiger partial charge in [-0.05, 0) is 24.6 Å². The van der Waals surface area contributed by atoms with E-state index in [1.165, 1.54) is 31.6 Å². The van der Waals surface area contributed by atoms with Gasteiger partial charge in [-0.25, -0.2) is 0 Å². The lowest BCUT2D eigenvalue weighted by Crippen LogP contribution is -2.50. The first-order chi connectivity index (χ1) is 8.39. The summed E-state index contributed by atoms with van der Waals surface area (Å²) in [5, 5.41) is 3.40. The van der Waals surface area contributed by atoms with E-state index in [1.54, 1.807) is 0 Å². The van der Waals surface area contributed by atoms with Crippen molar-refractivity contribution in [3.63, 3.8) is 0 Å². The average molecular weight is 235 g/mol. The minimum absolute atomic E-state index is 0.283. The molecular weight excluding hydrogens is 214 g/mol. The molecule has 1 aromatic heterocycles. The zero-order valence-electron chi connectivity index (χ0n) is 10.2. The van der Waals surface area contributed by atoms with Crippen molar-refractivity contribution in [3.05, 3.63) is 24.0 Å². The Kier molecular flexibility index (Phi) is 3.18. The van der Waals surface area contributed by atoms with Gasteiger partial charge in [0, 0.05) is 44.0 Å². The number of hydrogen-bond donors (Lipinski definition) is 2. The molecule has 0 aromatic carbocycles. The highest BCUT2D eigenvalue weighted by Crippen LogP contribution is 2.35. The van der Waals surface area contributed by atoms with Crippen LogP contribution < -0.4 is 5.32 Å². The SMILES string of the molecule is c1cc(C2(CCN3CCNCC3)COC2)c[nH]1. The molecule has 2 aliphatic rings.